The van der Waals surface area contributed by atoms with Crippen LogP contribution in [0, 0.1) is 11.3 Å². The molecule has 60 valence electrons. The van der Waals surface area contributed by atoms with Gasteiger partial charge in [-0.2, -0.15) is 5.26 Å². The average Bonchev–Trinajstić information content (AvgIpc) is 2.06. The molecule has 1 N–H and O–H groups in total. The van der Waals surface area contributed by atoms with E-state index in [0.29, 0.717) is 5.82 Å². The van der Waals surface area contributed by atoms with Crippen molar-refractivity contribution in [1.29, 1.82) is 5.26 Å². The van der Waals surface area contributed by atoms with Gasteiger partial charge in [0.25, 0.3) is 0 Å². The molecule has 0 aliphatic heterocycles. The molecular weight excluding hydrogens is 156 g/mol. The van der Waals surface area contributed by atoms with Crippen LogP contribution in [0.25, 0.3) is 0 Å². The lowest BCUT2D eigenvalue weighted by Gasteiger charge is -1.98. The van der Waals surface area contributed by atoms with Crippen molar-refractivity contribution in [3.05, 3.63) is 18.6 Å². The van der Waals surface area contributed by atoms with E-state index in [1.165, 1.54) is 12.5 Å². The van der Waals surface area contributed by atoms with Crippen molar-refractivity contribution in [1.82, 2.24) is 9.97 Å². The van der Waals surface area contributed by atoms with Gasteiger partial charge in [-0.05, 0) is 6.07 Å². The van der Waals surface area contributed by atoms with Crippen LogP contribution in [0.1, 0.15) is 6.42 Å². The molecule has 0 bridgehead atoms. The van der Waals surface area contributed by atoms with Crippen LogP contribution < -0.4 is 5.32 Å². The van der Waals surface area contributed by atoms with E-state index in [2.05, 4.69) is 15.3 Å². The number of aromatic nitrogens is 2. The zero-order valence-corrected chi connectivity index (χ0v) is 6.19. The molecule has 5 heteroatoms. The van der Waals surface area contributed by atoms with E-state index < -0.39 is 0 Å². The van der Waals surface area contributed by atoms with E-state index >= 15 is 0 Å². The normalized spacial score (nSPS) is 8.58. The molecular formula is C7H6N4O. The first-order valence-electron chi connectivity index (χ1n) is 3.26. The summed E-state index contributed by atoms with van der Waals surface area (Å²) in [5.41, 5.74) is 0. The van der Waals surface area contributed by atoms with Gasteiger partial charge >= 0.3 is 0 Å². The van der Waals surface area contributed by atoms with Crippen molar-refractivity contribution in [2.75, 3.05) is 5.32 Å². The maximum Gasteiger partial charge on any atom is 0.239 e. The zero-order chi connectivity index (χ0) is 8.81. The summed E-state index contributed by atoms with van der Waals surface area (Å²) >= 11 is 0. The van der Waals surface area contributed by atoms with Gasteiger partial charge in [0.2, 0.25) is 5.91 Å². The van der Waals surface area contributed by atoms with Crippen LogP contribution in [0.4, 0.5) is 5.82 Å². The van der Waals surface area contributed by atoms with Crippen LogP contribution in [0.2, 0.25) is 0 Å². The number of hydrogen-bond acceptors (Lipinski definition) is 4. The molecule has 1 rings (SSSR count). The fourth-order valence-electron chi connectivity index (χ4n) is 0.623. The smallest absolute Gasteiger partial charge is 0.239 e. The van der Waals surface area contributed by atoms with E-state index in [1.54, 1.807) is 12.1 Å². The fourth-order valence-corrected chi connectivity index (χ4v) is 0.623. The van der Waals surface area contributed by atoms with Gasteiger partial charge in [-0.1, -0.05) is 0 Å². The number of anilines is 1. The molecule has 0 saturated heterocycles. The summed E-state index contributed by atoms with van der Waals surface area (Å²) in [5.74, 6) is 0.0430. The van der Waals surface area contributed by atoms with Gasteiger partial charge in [-0.25, -0.2) is 9.97 Å². The third kappa shape index (κ3) is 2.34. The van der Waals surface area contributed by atoms with Crippen molar-refractivity contribution in [3.63, 3.8) is 0 Å². The number of hydrogen-bond donors (Lipinski definition) is 1. The van der Waals surface area contributed by atoms with Gasteiger partial charge in [0.15, 0.2) is 0 Å². The van der Waals surface area contributed by atoms with E-state index in [0.717, 1.165) is 0 Å². The van der Waals surface area contributed by atoms with E-state index in [1.807, 2.05) is 0 Å². The highest BCUT2D eigenvalue weighted by molar-refractivity contribution is 5.90. The van der Waals surface area contributed by atoms with Crippen molar-refractivity contribution in [2.45, 2.75) is 6.42 Å². The van der Waals surface area contributed by atoms with Crippen molar-refractivity contribution in [2.24, 2.45) is 0 Å². The number of amides is 1. The van der Waals surface area contributed by atoms with Crippen molar-refractivity contribution >= 4 is 11.7 Å². The molecule has 0 radical (unpaired) electrons. The standard InChI is InChI=1S/C7H6N4O/c8-3-1-7(12)11-6-2-4-9-5-10-6/h2,4-5H,1H2,(H,9,10,11,12). The lowest BCUT2D eigenvalue weighted by atomic mass is 10.4. The van der Waals surface area contributed by atoms with Crippen LogP contribution >= 0.6 is 0 Å². The van der Waals surface area contributed by atoms with Gasteiger partial charge in [0.1, 0.15) is 18.6 Å². The highest BCUT2D eigenvalue weighted by Crippen LogP contribution is 1.97. The number of rotatable bonds is 2. The second-order valence-electron chi connectivity index (χ2n) is 1.98. The summed E-state index contributed by atoms with van der Waals surface area (Å²) in [4.78, 5) is 18.2. The summed E-state index contributed by atoms with van der Waals surface area (Å²) in [6.07, 6.45) is 2.67. The van der Waals surface area contributed by atoms with Crippen LogP contribution in [0.3, 0.4) is 0 Å². The molecule has 0 aromatic carbocycles. The molecule has 0 aliphatic carbocycles. The Morgan fingerprint density at radius 2 is 2.58 bits per heavy atom. The first kappa shape index (κ1) is 8.14. The monoisotopic (exact) mass is 162 g/mol. The Labute approximate surface area is 69.1 Å². The first-order valence-corrected chi connectivity index (χ1v) is 3.26. The number of carbonyl (C=O) groups excluding carboxylic acids is 1. The predicted molar refractivity (Wildman–Crippen MR) is 40.9 cm³/mol. The SMILES string of the molecule is N#CCC(=O)Nc1ccncn1. The first-order chi connectivity index (χ1) is 5.83. The molecule has 1 heterocycles. The minimum absolute atomic E-state index is 0.163. The second kappa shape index (κ2) is 4.03. The van der Waals surface area contributed by atoms with E-state index in [4.69, 9.17) is 5.26 Å². The number of nitrogens with one attached hydrogen (secondary N) is 1. The Hall–Kier alpha value is -1.96. The largest absolute Gasteiger partial charge is 0.310 e. The molecule has 0 unspecified atom stereocenters. The van der Waals surface area contributed by atoms with E-state index in [-0.39, 0.29) is 12.3 Å². The Bertz CT molecular complexity index is 303. The maximum atomic E-state index is 10.8. The topological polar surface area (TPSA) is 78.7 Å². The van der Waals surface area contributed by atoms with Crippen LogP contribution in [0.5, 0.6) is 0 Å². The van der Waals surface area contributed by atoms with Crippen molar-refractivity contribution in [3.8, 4) is 6.07 Å². The molecule has 5 nitrogen and oxygen atoms in total. The summed E-state index contributed by atoms with van der Waals surface area (Å²) < 4.78 is 0. The Morgan fingerprint density at radius 3 is 3.17 bits per heavy atom. The minimum Gasteiger partial charge on any atom is -0.310 e. The molecule has 1 amide bonds. The highest BCUT2D eigenvalue weighted by atomic mass is 16.1. The average molecular weight is 162 g/mol. The number of carbonyl (C=O) groups is 1. The molecule has 1 aromatic heterocycles. The Kier molecular flexibility index (Phi) is 2.73. The Balaban J connectivity index is 2.54. The van der Waals surface area contributed by atoms with Gasteiger partial charge in [-0.15, -0.1) is 0 Å². The quantitative estimate of drug-likeness (QED) is 0.679. The van der Waals surface area contributed by atoms with Gasteiger partial charge in [0.05, 0.1) is 6.07 Å². The number of nitriles is 1. The van der Waals surface area contributed by atoms with E-state index in [9.17, 15) is 4.79 Å². The third-order valence-electron chi connectivity index (χ3n) is 1.09. The summed E-state index contributed by atoms with van der Waals surface area (Å²) in [7, 11) is 0. The number of nitrogens with zero attached hydrogens (tertiary/aromatic N) is 3. The molecule has 0 atom stereocenters. The van der Waals surface area contributed by atoms with Gasteiger partial charge < -0.3 is 5.32 Å². The maximum absolute atomic E-state index is 10.8. The molecule has 0 fully saturated rings. The van der Waals surface area contributed by atoms with Crippen molar-refractivity contribution < 1.29 is 4.79 Å². The minimum atomic E-state index is -0.365. The fraction of sp³-hybridized carbons (Fsp3) is 0.143. The highest BCUT2D eigenvalue weighted by Gasteiger charge is 1.99. The second-order valence-corrected chi connectivity index (χ2v) is 1.98. The molecule has 1 aromatic rings. The molecule has 0 aliphatic rings. The van der Waals surface area contributed by atoms with Gasteiger partial charge in [-0.3, -0.25) is 4.79 Å². The third-order valence-corrected chi connectivity index (χ3v) is 1.09. The zero-order valence-electron chi connectivity index (χ0n) is 6.19. The van der Waals surface area contributed by atoms with Crippen LogP contribution in [-0.4, -0.2) is 15.9 Å². The summed E-state index contributed by atoms with van der Waals surface area (Å²) in [6, 6.07) is 3.28. The summed E-state index contributed by atoms with van der Waals surface area (Å²) in [6.45, 7) is 0. The lowest BCUT2D eigenvalue weighted by molar-refractivity contribution is -0.115. The van der Waals surface area contributed by atoms with Crippen LogP contribution in [0.15, 0.2) is 18.6 Å². The predicted octanol–water partition coefficient (Wildman–Crippen LogP) is 0.329. The summed E-state index contributed by atoms with van der Waals surface area (Å²) in [5, 5.41) is 10.6. The lowest BCUT2D eigenvalue weighted by Crippen LogP contribution is -2.11. The molecule has 0 saturated carbocycles. The van der Waals surface area contributed by atoms with Crippen LogP contribution in [-0.2, 0) is 4.79 Å². The van der Waals surface area contributed by atoms with Gasteiger partial charge in [0, 0.05) is 6.20 Å². The Morgan fingerprint density at radius 1 is 1.75 bits per heavy atom. The molecule has 12 heavy (non-hydrogen) atoms. The molecule has 0 spiro atoms.